The van der Waals surface area contributed by atoms with Crippen molar-refractivity contribution >= 4 is 35.0 Å². The maximum Gasteiger partial charge on any atom is 0.252 e. The third kappa shape index (κ3) is 3.14. The van der Waals surface area contributed by atoms with E-state index in [9.17, 15) is 14.8 Å². The summed E-state index contributed by atoms with van der Waals surface area (Å²) in [5.41, 5.74) is 1.29. The number of rotatable bonds is 3. The van der Waals surface area contributed by atoms with E-state index < -0.39 is 5.25 Å². The molecule has 2 aromatic rings. The molecule has 118 valence electrons. The second-order valence-electron chi connectivity index (χ2n) is 5.11. The van der Waals surface area contributed by atoms with Crippen LogP contribution in [-0.4, -0.2) is 23.6 Å². The minimum Gasteiger partial charge on any atom is -0.618 e. The summed E-state index contributed by atoms with van der Waals surface area (Å²) < 4.78 is 0.727. The highest BCUT2D eigenvalue weighted by atomic mass is 32.2. The van der Waals surface area contributed by atoms with Crippen LogP contribution >= 0.6 is 11.8 Å². The molecule has 3 rings (SSSR count). The highest BCUT2D eigenvalue weighted by Gasteiger charge is 2.31. The van der Waals surface area contributed by atoms with E-state index in [4.69, 9.17) is 0 Å². The van der Waals surface area contributed by atoms with Crippen molar-refractivity contribution < 1.29 is 14.3 Å². The molecule has 1 aromatic heterocycles. The average molecular weight is 329 g/mol. The predicted molar refractivity (Wildman–Crippen MR) is 88.1 cm³/mol. The largest absolute Gasteiger partial charge is 0.618 e. The van der Waals surface area contributed by atoms with Crippen molar-refractivity contribution in [2.75, 3.05) is 16.8 Å². The van der Waals surface area contributed by atoms with Gasteiger partial charge in [-0.15, -0.1) is 0 Å². The van der Waals surface area contributed by atoms with Crippen molar-refractivity contribution in [3.05, 3.63) is 53.9 Å². The van der Waals surface area contributed by atoms with Gasteiger partial charge >= 0.3 is 0 Å². The van der Waals surface area contributed by atoms with Gasteiger partial charge in [0.1, 0.15) is 6.54 Å². The molecule has 0 saturated heterocycles. The summed E-state index contributed by atoms with van der Waals surface area (Å²) in [6.45, 7) is 1.71. The number of hydrogen-bond donors (Lipinski definition) is 1. The summed E-state index contributed by atoms with van der Waals surface area (Å²) in [7, 11) is 0. The average Bonchev–Trinajstić information content (AvgIpc) is 2.55. The lowest BCUT2D eigenvalue weighted by atomic mass is 10.2. The SMILES string of the molecule is C[C@H](Sc1cccc[n+]1[O-])C(=O)N1CC(=O)Nc2ccccc21. The number of carbonyl (C=O) groups is 2. The van der Waals surface area contributed by atoms with Crippen molar-refractivity contribution in [2.45, 2.75) is 17.2 Å². The molecule has 1 aromatic carbocycles. The molecule has 23 heavy (non-hydrogen) atoms. The fraction of sp³-hybridized carbons (Fsp3) is 0.188. The molecule has 0 aliphatic carbocycles. The second-order valence-corrected chi connectivity index (χ2v) is 6.48. The number of nitrogens with zero attached hydrogens (tertiary/aromatic N) is 2. The molecule has 0 unspecified atom stereocenters. The summed E-state index contributed by atoms with van der Waals surface area (Å²) in [6, 6.07) is 12.2. The summed E-state index contributed by atoms with van der Waals surface area (Å²) in [5, 5.41) is 14.4. The molecule has 2 amide bonds. The number of carbonyl (C=O) groups excluding carboxylic acids is 2. The van der Waals surface area contributed by atoms with Gasteiger partial charge in [0.25, 0.3) is 5.03 Å². The third-order valence-electron chi connectivity index (χ3n) is 3.47. The zero-order valence-corrected chi connectivity index (χ0v) is 13.2. The van der Waals surface area contributed by atoms with Crippen LogP contribution in [0, 0.1) is 5.21 Å². The number of amides is 2. The van der Waals surface area contributed by atoms with Gasteiger partial charge in [-0.05, 0) is 36.9 Å². The quantitative estimate of drug-likeness (QED) is 0.529. The molecular formula is C16H15N3O3S. The lowest BCUT2D eigenvalue weighted by molar-refractivity contribution is -0.645. The number of hydrogen-bond acceptors (Lipinski definition) is 4. The van der Waals surface area contributed by atoms with E-state index >= 15 is 0 Å². The van der Waals surface area contributed by atoms with Crippen LogP contribution in [0.5, 0.6) is 0 Å². The molecule has 6 nitrogen and oxygen atoms in total. The molecule has 1 N–H and O–H groups in total. The maximum atomic E-state index is 12.7. The van der Waals surface area contributed by atoms with Crippen LogP contribution in [0.15, 0.2) is 53.7 Å². The summed E-state index contributed by atoms with van der Waals surface area (Å²) in [4.78, 5) is 26.0. The molecule has 0 saturated carbocycles. The van der Waals surface area contributed by atoms with Crippen molar-refractivity contribution in [1.82, 2.24) is 0 Å². The van der Waals surface area contributed by atoms with E-state index in [-0.39, 0.29) is 18.4 Å². The van der Waals surface area contributed by atoms with E-state index in [0.717, 1.165) is 4.73 Å². The molecule has 0 fully saturated rings. The Morgan fingerprint density at radius 2 is 2.04 bits per heavy atom. The van der Waals surface area contributed by atoms with Gasteiger partial charge in [0, 0.05) is 12.1 Å². The van der Waals surface area contributed by atoms with Crippen LogP contribution in [0.4, 0.5) is 11.4 Å². The fourth-order valence-corrected chi connectivity index (χ4v) is 3.30. The van der Waals surface area contributed by atoms with Gasteiger partial charge in [-0.1, -0.05) is 12.1 Å². The van der Waals surface area contributed by atoms with Crippen LogP contribution in [0.25, 0.3) is 0 Å². The normalized spacial score (nSPS) is 14.8. The Bertz CT molecular complexity index is 766. The fourth-order valence-electron chi connectivity index (χ4n) is 2.38. The molecule has 0 radical (unpaired) electrons. The van der Waals surface area contributed by atoms with Crippen LogP contribution in [-0.2, 0) is 9.59 Å². The predicted octanol–water partition coefficient (Wildman–Crippen LogP) is 1.79. The van der Waals surface area contributed by atoms with Crippen LogP contribution in [0.1, 0.15) is 6.92 Å². The van der Waals surface area contributed by atoms with Gasteiger partial charge in [-0.3, -0.25) is 14.5 Å². The Morgan fingerprint density at radius 3 is 2.83 bits per heavy atom. The van der Waals surface area contributed by atoms with Crippen LogP contribution < -0.4 is 14.9 Å². The van der Waals surface area contributed by atoms with Gasteiger partial charge in [0.05, 0.1) is 16.6 Å². The summed E-state index contributed by atoms with van der Waals surface area (Å²) in [6.07, 6.45) is 1.39. The second kappa shape index (κ2) is 6.29. The van der Waals surface area contributed by atoms with E-state index in [2.05, 4.69) is 5.32 Å². The first-order chi connectivity index (χ1) is 11.1. The lowest BCUT2D eigenvalue weighted by Crippen LogP contribution is -2.45. The van der Waals surface area contributed by atoms with Gasteiger partial charge in [0.2, 0.25) is 11.8 Å². The zero-order valence-electron chi connectivity index (χ0n) is 12.4. The minimum absolute atomic E-state index is 0.0209. The monoisotopic (exact) mass is 329 g/mol. The van der Waals surface area contributed by atoms with Gasteiger partial charge < -0.3 is 10.5 Å². The van der Waals surface area contributed by atoms with Gasteiger partial charge in [-0.25, -0.2) is 0 Å². The first kappa shape index (κ1) is 15.4. The number of aromatic nitrogens is 1. The molecule has 0 spiro atoms. The molecule has 0 bridgehead atoms. The first-order valence-electron chi connectivity index (χ1n) is 7.11. The number of para-hydroxylation sites is 2. The number of pyridine rings is 1. The van der Waals surface area contributed by atoms with Gasteiger partial charge in [0.15, 0.2) is 6.20 Å². The number of anilines is 2. The van der Waals surface area contributed by atoms with E-state index in [1.807, 2.05) is 6.07 Å². The Kier molecular flexibility index (Phi) is 4.20. The Balaban J connectivity index is 1.83. The Labute approximate surface area is 137 Å². The lowest BCUT2D eigenvalue weighted by Gasteiger charge is -2.30. The van der Waals surface area contributed by atoms with E-state index in [1.54, 1.807) is 43.3 Å². The minimum atomic E-state index is -0.489. The maximum absolute atomic E-state index is 12.7. The van der Waals surface area contributed by atoms with Crippen molar-refractivity contribution in [2.24, 2.45) is 0 Å². The third-order valence-corrected chi connectivity index (χ3v) is 4.58. The van der Waals surface area contributed by atoms with Gasteiger partial charge in [-0.2, -0.15) is 4.73 Å². The summed E-state index contributed by atoms with van der Waals surface area (Å²) in [5.74, 6) is -0.436. The van der Waals surface area contributed by atoms with Crippen molar-refractivity contribution in [3.8, 4) is 0 Å². The van der Waals surface area contributed by atoms with Crippen molar-refractivity contribution in [3.63, 3.8) is 0 Å². The van der Waals surface area contributed by atoms with Crippen LogP contribution in [0.2, 0.25) is 0 Å². The van der Waals surface area contributed by atoms with Crippen molar-refractivity contribution in [1.29, 1.82) is 0 Å². The number of thioether (sulfide) groups is 1. The number of benzene rings is 1. The molecular weight excluding hydrogens is 314 g/mol. The molecule has 1 aliphatic heterocycles. The topological polar surface area (TPSA) is 76.3 Å². The smallest absolute Gasteiger partial charge is 0.252 e. The van der Waals surface area contributed by atoms with E-state index in [0.29, 0.717) is 16.4 Å². The summed E-state index contributed by atoms with van der Waals surface area (Å²) >= 11 is 1.18. The number of nitrogens with one attached hydrogen (secondary N) is 1. The van der Waals surface area contributed by atoms with E-state index in [1.165, 1.54) is 22.9 Å². The molecule has 1 aliphatic rings. The van der Waals surface area contributed by atoms with Crippen LogP contribution in [0.3, 0.4) is 0 Å². The standard InChI is InChI=1S/C16H15N3O3S/c1-11(23-15-8-4-5-9-19(15)22)16(21)18-10-14(20)17-12-6-2-3-7-13(12)18/h2-9,11H,10H2,1H3,(H,17,20)/t11-/m0/s1. The Hall–Kier alpha value is -2.54. The Morgan fingerprint density at radius 1 is 1.30 bits per heavy atom. The highest BCUT2D eigenvalue weighted by Crippen LogP contribution is 2.31. The molecule has 1 atom stereocenters. The highest BCUT2D eigenvalue weighted by molar-refractivity contribution is 8.00. The number of fused-ring (bicyclic) bond motifs is 1. The molecule has 7 heteroatoms. The molecule has 2 heterocycles. The first-order valence-corrected chi connectivity index (χ1v) is 7.99. The zero-order chi connectivity index (χ0) is 16.4.